The van der Waals surface area contributed by atoms with Crippen molar-refractivity contribution < 1.29 is 18.8 Å². The van der Waals surface area contributed by atoms with Crippen LogP contribution < -0.4 is 5.50 Å². The summed E-state index contributed by atoms with van der Waals surface area (Å²) in [5.74, 6) is 0.755. The Balaban J connectivity index is 2.13. The molecule has 2 aromatic heterocycles. The van der Waals surface area contributed by atoms with E-state index in [2.05, 4.69) is 9.97 Å². The molecule has 0 saturated carbocycles. The van der Waals surface area contributed by atoms with Crippen molar-refractivity contribution in [1.29, 1.82) is 0 Å². The highest BCUT2D eigenvalue weighted by Crippen LogP contribution is 2.35. The van der Waals surface area contributed by atoms with E-state index in [0.717, 1.165) is 22.2 Å². The first kappa shape index (κ1) is 13.1. The molecule has 2 heterocycles. The number of nitrogens with one attached hydrogen (secondary N) is 1. The van der Waals surface area contributed by atoms with E-state index in [9.17, 15) is 4.57 Å². The van der Waals surface area contributed by atoms with Gasteiger partial charge >= 0.3 is 7.60 Å². The van der Waals surface area contributed by atoms with Crippen molar-refractivity contribution in [2.75, 3.05) is 0 Å². The van der Waals surface area contributed by atoms with Crippen LogP contribution in [0.4, 0.5) is 0 Å². The van der Waals surface area contributed by atoms with Crippen LogP contribution in [0.25, 0.3) is 22.6 Å². The highest BCUT2D eigenvalue weighted by molar-refractivity contribution is 7.59. The maximum absolute atomic E-state index is 11.1. The highest BCUT2D eigenvalue weighted by Gasteiger charge is 2.23. The van der Waals surface area contributed by atoms with E-state index in [1.807, 2.05) is 26.0 Å². The molecule has 7 heteroatoms. The van der Waals surface area contributed by atoms with E-state index < -0.39 is 7.60 Å². The summed E-state index contributed by atoms with van der Waals surface area (Å²) in [6.07, 6.45) is 0. The maximum Gasteiger partial charge on any atom is 0.391 e. The van der Waals surface area contributed by atoms with Crippen LogP contribution in [-0.4, -0.2) is 19.8 Å². The van der Waals surface area contributed by atoms with Gasteiger partial charge in [0, 0.05) is 0 Å². The SMILES string of the molecule is Cc1cc(C)c2nc(-c3ccc(P(=O)(O)O)o3)[nH]c2c1. The summed E-state index contributed by atoms with van der Waals surface area (Å²) in [6, 6.07) is 6.75. The standard InChI is InChI=1S/C13H13N2O4P/c1-7-5-8(2)12-9(6-7)14-13(15-12)10-3-4-11(19-10)20(16,17)18/h3-6H,1-2H3,(H,14,15)(H2,16,17,18). The van der Waals surface area contributed by atoms with Crippen LogP contribution in [0.3, 0.4) is 0 Å². The second kappa shape index (κ2) is 4.31. The second-order valence-electron chi connectivity index (χ2n) is 4.75. The van der Waals surface area contributed by atoms with Crippen LogP contribution >= 0.6 is 7.60 Å². The summed E-state index contributed by atoms with van der Waals surface area (Å²) in [4.78, 5) is 25.6. The third-order valence-corrected chi connectivity index (χ3v) is 3.85. The minimum absolute atomic E-state index is 0.302. The minimum Gasteiger partial charge on any atom is -0.445 e. The van der Waals surface area contributed by atoms with Gasteiger partial charge in [-0.3, -0.25) is 4.57 Å². The lowest BCUT2D eigenvalue weighted by Gasteiger charge is -1.97. The van der Waals surface area contributed by atoms with E-state index >= 15 is 0 Å². The molecule has 0 unspecified atom stereocenters. The van der Waals surface area contributed by atoms with Crippen molar-refractivity contribution in [1.82, 2.24) is 9.97 Å². The molecule has 0 aliphatic heterocycles. The van der Waals surface area contributed by atoms with Gasteiger partial charge in [-0.25, -0.2) is 4.98 Å². The van der Waals surface area contributed by atoms with Gasteiger partial charge in [0.2, 0.25) is 5.50 Å². The molecule has 1 aromatic carbocycles. The number of rotatable bonds is 2. The summed E-state index contributed by atoms with van der Waals surface area (Å²) in [6.45, 7) is 3.95. The largest absolute Gasteiger partial charge is 0.445 e. The summed E-state index contributed by atoms with van der Waals surface area (Å²) in [7, 11) is -4.38. The van der Waals surface area contributed by atoms with Crippen molar-refractivity contribution in [2.24, 2.45) is 0 Å². The lowest BCUT2D eigenvalue weighted by Crippen LogP contribution is -1.98. The topological polar surface area (TPSA) is 99.3 Å². The Morgan fingerprint density at radius 1 is 1.25 bits per heavy atom. The zero-order chi connectivity index (χ0) is 14.5. The number of H-pyrrole nitrogens is 1. The molecule has 3 rings (SSSR count). The molecule has 0 atom stereocenters. The van der Waals surface area contributed by atoms with E-state index in [-0.39, 0.29) is 5.50 Å². The fourth-order valence-electron chi connectivity index (χ4n) is 2.20. The molecule has 0 amide bonds. The molecular weight excluding hydrogens is 279 g/mol. The maximum atomic E-state index is 11.1. The Morgan fingerprint density at radius 2 is 2.00 bits per heavy atom. The van der Waals surface area contributed by atoms with Gasteiger partial charge in [-0.1, -0.05) is 6.07 Å². The molecule has 0 fully saturated rings. The molecule has 20 heavy (non-hydrogen) atoms. The number of nitrogens with zero attached hydrogens (tertiary/aromatic N) is 1. The molecule has 0 radical (unpaired) electrons. The van der Waals surface area contributed by atoms with Gasteiger partial charge in [-0.05, 0) is 43.2 Å². The predicted molar refractivity (Wildman–Crippen MR) is 74.9 cm³/mol. The normalized spacial score (nSPS) is 12.2. The Morgan fingerprint density at radius 3 is 2.65 bits per heavy atom. The molecule has 0 saturated heterocycles. The van der Waals surface area contributed by atoms with Crippen LogP contribution in [0, 0.1) is 13.8 Å². The first-order valence-electron chi connectivity index (χ1n) is 5.98. The summed E-state index contributed by atoms with van der Waals surface area (Å²) < 4.78 is 16.3. The Labute approximate surface area is 114 Å². The summed E-state index contributed by atoms with van der Waals surface area (Å²) >= 11 is 0. The van der Waals surface area contributed by atoms with Crippen LogP contribution in [0.15, 0.2) is 28.7 Å². The van der Waals surface area contributed by atoms with Gasteiger partial charge in [0.1, 0.15) is 0 Å². The van der Waals surface area contributed by atoms with Crippen LogP contribution in [-0.2, 0) is 4.57 Å². The smallest absolute Gasteiger partial charge is 0.391 e. The van der Waals surface area contributed by atoms with E-state index in [1.54, 1.807) is 0 Å². The zero-order valence-corrected chi connectivity index (χ0v) is 11.8. The first-order valence-corrected chi connectivity index (χ1v) is 7.59. The van der Waals surface area contributed by atoms with Crippen molar-refractivity contribution in [3.8, 4) is 11.6 Å². The van der Waals surface area contributed by atoms with Crippen LogP contribution in [0.1, 0.15) is 11.1 Å². The molecular formula is C13H13N2O4P. The van der Waals surface area contributed by atoms with E-state index in [4.69, 9.17) is 14.2 Å². The van der Waals surface area contributed by atoms with Gasteiger partial charge < -0.3 is 19.2 Å². The van der Waals surface area contributed by atoms with Crippen molar-refractivity contribution in [3.05, 3.63) is 35.4 Å². The molecule has 0 spiro atoms. The van der Waals surface area contributed by atoms with Crippen LogP contribution in [0.5, 0.6) is 0 Å². The second-order valence-corrected chi connectivity index (χ2v) is 6.27. The monoisotopic (exact) mass is 292 g/mol. The lowest BCUT2D eigenvalue weighted by atomic mass is 10.1. The summed E-state index contributed by atoms with van der Waals surface area (Å²) in [5, 5.41) is 0. The van der Waals surface area contributed by atoms with Crippen molar-refractivity contribution >= 4 is 24.1 Å². The number of aromatic nitrogens is 2. The molecule has 0 bridgehead atoms. The Kier molecular flexibility index (Phi) is 2.83. The van der Waals surface area contributed by atoms with E-state index in [0.29, 0.717) is 11.6 Å². The lowest BCUT2D eigenvalue weighted by molar-refractivity contribution is 0.377. The third kappa shape index (κ3) is 2.18. The number of aromatic amines is 1. The van der Waals surface area contributed by atoms with E-state index in [1.165, 1.54) is 12.1 Å². The van der Waals surface area contributed by atoms with Gasteiger partial charge in [0.15, 0.2) is 11.6 Å². The van der Waals surface area contributed by atoms with Gasteiger partial charge in [-0.15, -0.1) is 0 Å². The molecule has 0 aliphatic carbocycles. The molecule has 6 nitrogen and oxygen atoms in total. The number of hydrogen-bond donors (Lipinski definition) is 3. The molecule has 0 aliphatic rings. The molecule has 3 N–H and O–H groups in total. The Hall–Kier alpha value is -1.88. The average Bonchev–Trinajstić information content (AvgIpc) is 2.91. The first-order chi connectivity index (χ1) is 9.34. The number of imidazole rings is 1. The van der Waals surface area contributed by atoms with Crippen molar-refractivity contribution in [2.45, 2.75) is 13.8 Å². The average molecular weight is 292 g/mol. The van der Waals surface area contributed by atoms with Crippen molar-refractivity contribution in [3.63, 3.8) is 0 Å². The fourth-order valence-corrected chi connectivity index (χ4v) is 2.69. The number of fused-ring (bicyclic) bond motifs is 1. The highest BCUT2D eigenvalue weighted by atomic mass is 31.2. The third-order valence-electron chi connectivity index (χ3n) is 3.03. The number of aryl methyl sites for hydroxylation is 2. The van der Waals surface area contributed by atoms with Crippen LogP contribution in [0.2, 0.25) is 0 Å². The zero-order valence-electron chi connectivity index (χ0n) is 10.9. The quantitative estimate of drug-likeness (QED) is 0.629. The van der Waals surface area contributed by atoms with Gasteiger partial charge in [0.25, 0.3) is 0 Å². The molecule has 3 aromatic rings. The molecule has 104 valence electrons. The van der Waals surface area contributed by atoms with Gasteiger partial charge in [-0.2, -0.15) is 0 Å². The number of hydrogen-bond acceptors (Lipinski definition) is 3. The Bertz CT molecular complexity index is 843. The number of furan rings is 1. The number of benzene rings is 1. The minimum atomic E-state index is -4.38. The fraction of sp³-hybridized carbons (Fsp3) is 0.154. The summed E-state index contributed by atoms with van der Waals surface area (Å²) in [5.41, 5.74) is 3.47. The van der Waals surface area contributed by atoms with Gasteiger partial charge in [0.05, 0.1) is 11.0 Å². The predicted octanol–water partition coefficient (Wildman–Crippen LogP) is 2.24.